The molecule has 2 N–H and O–H groups in total. The summed E-state index contributed by atoms with van der Waals surface area (Å²) in [5.74, 6) is -0.426. The summed E-state index contributed by atoms with van der Waals surface area (Å²) in [4.78, 5) is 16.3. The first-order valence-electron chi connectivity index (χ1n) is 7.53. The fourth-order valence-electron chi connectivity index (χ4n) is 3.19. The summed E-state index contributed by atoms with van der Waals surface area (Å²) in [6.45, 7) is 0. The van der Waals surface area contributed by atoms with Crippen molar-refractivity contribution in [1.29, 1.82) is 0 Å². The Morgan fingerprint density at radius 1 is 1.38 bits per heavy atom. The van der Waals surface area contributed by atoms with Crippen molar-refractivity contribution in [2.45, 2.75) is 30.9 Å². The molecule has 0 amide bonds. The number of benzene rings is 1. The van der Waals surface area contributed by atoms with Gasteiger partial charge in [-0.2, -0.15) is 13.2 Å². The maximum atomic E-state index is 13.2. The van der Waals surface area contributed by atoms with Crippen LogP contribution in [0.2, 0.25) is 5.02 Å². The SMILES string of the molecule is CN=C(NO)[C@H]1C[C@@H]1C(=O)c1ccc(C2(C(F)(F)F)CC2)c(Cl)c1. The molecule has 0 radical (unpaired) electrons. The van der Waals surface area contributed by atoms with E-state index in [9.17, 15) is 18.0 Å². The molecule has 1 aromatic rings. The summed E-state index contributed by atoms with van der Waals surface area (Å²) in [5, 5.41) is 8.91. The van der Waals surface area contributed by atoms with Crippen molar-refractivity contribution >= 4 is 23.2 Å². The second-order valence-corrected chi connectivity index (χ2v) is 6.72. The standard InChI is InChI=1S/C16H16ClF3N2O2/c1-21-14(22-24)10-7-9(10)13(23)8-2-3-11(12(17)6-8)15(4-5-15)16(18,19)20/h2-3,6,9-10,24H,4-5,7H2,1H3,(H,21,22)/t9-,10-/m0/s1. The molecule has 2 aliphatic carbocycles. The van der Waals surface area contributed by atoms with Gasteiger partial charge in [0.2, 0.25) is 0 Å². The molecule has 4 nitrogen and oxygen atoms in total. The normalized spacial score (nSPS) is 25.3. The van der Waals surface area contributed by atoms with Crippen LogP contribution in [-0.2, 0) is 5.41 Å². The van der Waals surface area contributed by atoms with E-state index >= 15 is 0 Å². The number of Topliss-reactive ketones (excluding diaryl/α,β-unsaturated/α-hetero) is 1. The van der Waals surface area contributed by atoms with E-state index in [-0.39, 0.29) is 46.6 Å². The van der Waals surface area contributed by atoms with Crippen LogP contribution in [0.25, 0.3) is 0 Å². The zero-order valence-electron chi connectivity index (χ0n) is 12.8. The van der Waals surface area contributed by atoms with Crippen LogP contribution in [0.5, 0.6) is 0 Å². The van der Waals surface area contributed by atoms with E-state index in [1.807, 2.05) is 5.48 Å². The van der Waals surface area contributed by atoms with Crippen molar-refractivity contribution in [3.63, 3.8) is 0 Å². The number of alkyl halides is 3. The Hall–Kier alpha value is -1.60. The number of aliphatic imine (C=N–C) groups is 1. The Kier molecular flexibility index (Phi) is 4.12. The number of hydroxylamine groups is 1. The van der Waals surface area contributed by atoms with E-state index in [1.54, 1.807) is 0 Å². The quantitative estimate of drug-likeness (QED) is 0.372. The van der Waals surface area contributed by atoms with Gasteiger partial charge in [0.1, 0.15) is 5.84 Å². The van der Waals surface area contributed by atoms with Gasteiger partial charge >= 0.3 is 6.18 Å². The molecule has 2 atom stereocenters. The summed E-state index contributed by atoms with van der Waals surface area (Å²) in [6, 6.07) is 4.03. The molecule has 1 aromatic carbocycles. The minimum absolute atomic E-state index is 0.0205. The molecule has 2 saturated carbocycles. The van der Waals surface area contributed by atoms with E-state index in [0.717, 1.165) is 0 Å². The molecular formula is C16H16ClF3N2O2. The van der Waals surface area contributed by atoms with Crippen molar-refractivity contribution in [2.24, 2.45) is 16.8 Å². The van der Waals surface area contributed by atoms with E-state index in [4.69, 9.17) is 16.8 Å². The molecule has 0 heterocycles. The van der Waals surface area contributed by atoms with Gasteiger partial charge < -0.3 is 0 Å². The maximum Gasteiger partial charge on any atom is 0.398 e. The van der Waals surface area contributed by atoms with Crippen LogP contribution in [0, 0.1) is 11.8 Å². The first kappa shape index (κ1) is 17.2. The molecule has 0 unspecified atom stereocenters. The van der Waals surface area contributed by atoms with Crippen molar-refractivity contribution in [2.75, 3.05) is 7.05 Å². The highest BCUT2D eigenvalue weighted by atomic mass is 35.5. The number of hydrogen-bond donors (Lipinski definition) is 2. The minimum atomic E-state index is -4.34. The molecule has 2 aliphatic rings. The smallest absolute Gasteiger partial charge is 0.294 e. The Bertz CT molecular complexity index is 714. The number of nitrogens with zero attached hydrogens (tertiary/aromatic N) is 1. The van der Waals surface area contributed by atoms with Crippen LogP contribution >= 0.6 is 11.6 Å². The summed E-state index contributed by atoms with van der Waals surface area (Å²) in [7, 11) is 1.50. The second-order valence-electron chi connectivity index (χ2n) is 6.31. The monoisotopic (exact) mass is 360 g/mol. The third-order valence-corrected chi connectivity index (χ3v) is 5.21. The molecule has 0 saturated heterocycles. The molecule has 0 bridgehead atoms. The van der Waals surface area contributed by atoms with Gasteiger partial charge in [0.25, 0.3) is 0 Å². The largest absolute Gasteiger partial charge is 0.398 e. The lowest BCUT2D eigenvalue weighted by molar-refractivity contribution is -0.160. The zero-order chi connectivity index (χ0) is 17.7. The fourth-order valence-corrected chi connectivity index (χ4v) is 3.55. The van der Waals surface area contributed by atoms with Crippen LogP contribution in [0.3, 0.4) is 0 Å². The molecule has 0 aliphatic heterocycles. The van der Waals surface area contributed by atoms with Gasteiger partial charge in [0.15, 0.2) is 5.78 Å². The predicted molar refractivity (Wildman–Crippen MR) is 82.6 cm³/mol. The van der Waals surface area contributed by atoms with Crippen LogP contribution in [0.4, 0.5) is 13.2 Å². The number of halogens is 4. The molecular weight excluding hydrogens is 345 g/mol. The average Bonchev–Trinajstić information content (AvgIpc) is 3.40. The zero-order valence-corrected chi connectivity index (χ0v) is 13.6. The van der Waals surface area contributed by atoms with Gasteiger partial charge in [-0.25, -0.2) is 0 Å². The number of hydrogen-bond acceptors (Lipinski definition) is 3. The van der Waals surface area contributed by atoms with Crippen LogP contribution in [-0.4, -0.2) is 30.1 Å². The first-order chi connectivity index (χ1) is 11.2. The van der Waals surface area contributed by atoms with Gasteiger partial charge in [-0.15, -0.1) is 0 Å². The molecule has 8 heteroatoms. The summed E-state index contributed by atoms with van der Waals surface area (Å²) in [5.41, 5.74) is 0.413. The van der Waals surface area contributed by atoms with E-state index in [1.165, 1.54) is 25.2 Å². The van der Waals surface area contributed by atoms with Gasteiger partial charge in [0, 0.05) is 29.5 Å². The maximum absolute atomic E-state index is 13.2. The predicted octanol–water partition coefficient (Wildman–Crippen LogP) is 3.76. The van der Waals surface area contributed by atoms with E-state index < -0.39 is 11.6 Å². The van der Waals surface area contributed by atoms with E-state index in [0.29, 0.717) is 12.3 Å². The Labute approximate surface area is 141 Å². The highest BCUT2D eigenvalue weighted by molar-refractivity contribution is 6.32. The van der Waals surface area contributed by atoms with Crippen LogP contribution < -0.4 is 5.48 Å². The molecule has 3 rings (SSSR count). The number of ketones is 1. The Balaban J connectivity index is 1.81. The van der Waals surface area contributed by atoms with Gasteiger partial charge in [-0.3, -0.25) is 20.5 Å². The number of rotatable bonds is 4. The number of nitrogens with one attached hydrogen (secondary N) is 1. The Morgan fingerprint density at radius 3 is 2.50 bits per heavy atom. The lowest BCUT2D eigenvalue weighted by Crippen LogP contribution is -2.29. The number of amidine groups is 1. The second kappa shape index (κ2) is 5.74. The molecule has 0 aromatic heterocycles. The first-order valence-corrected chi connectivity index (χ1v) is 7.90. The summed E-state index contributed by atoms with van der Waals surface area (Å²) >= 11 is 6.05. The number of carbonyl (C=O) groups is 1. The van der Waals surface area contributed by atoms with Crippen molar-refractivity contribution in [3.8, 4) is 0 Å². The average molecular weight is 361 g/mol. The summed E-state index contributed by atoms with van der Waals surface area (Å²) in [6.07, 6.45) is -3.77. The van der Waals surface area contributed by atoms with Gasteiger partial charge in [0.05, 0.1) is 5.41 Å². The Morgan fingerprint density at radius 2 is 2.04 bits per heavy atom. The third-order valence-electron chi connectivity index (χ3n) is 4.90. The van der Waals surface area contributed by atoms with Crippen LogP contribution in [0.1, 0.15) is 35.2 Å². The van der Waals surface area contributed by atoms with Crippen LogP contribution in [0.15, 0.2) is 23.2 Å². The molecule has 130 valence electrons. The fraction of sp³-hybridized carbons (Fsp3) is 0.500. The lowest BCUT2D eigenvalue weighted by Gasteiger charge is -2.21. The highest BCUT2D eigenvalue weighted by Crippen LogP contribution is 2.60. The van der Waals surface area contributed by atoms with Gasteiger partial charge in [-0.05, 0) is 30.9 Å². The van der Waals surface area contributed by atoms with Crippen molar-refractivity contribution in [1.82, 2.24) is 5.48 Å². The highest BCUT2D eigenvalue weighted by Gasteiger charge is 2.64. The molecule has 0 spiro atoms. The third kappa shape index (κ3) is 2.69. The number of carbonyl (C=O) groups excluding carboxylic acids is 1. The topological polar surface area (TPSA) is 61.7 Å². The van der Waals surface area contributed by atoms with Crippen molar-refractivity contribution in [3.05, 3.63) is 34.3 Å². The lowest BCUT2D eigenvalue weighted by atomic mass is 9.93. The van der Waals surface area contributed by atoms with Gasteiger partial charge in [-0.1, -0.05) is 23.7 Å². The molecule has 2 fully saturated rings. The van der Waals surface area contributed by atoms with E-state index in [2.05, 4.69) is 4.99 Å². The van der Waals surface area contributed by atoms with Crippen molar-refractivity contribution < 1.29 is 23.2 Å². The minimum Gasteiger partial charge on any atom is -0.294 e. The molecule has 24 heavy (non-hydrogen) atoms. The summed E-state index contributed by atoms with van der Waals surface area (Å²) < 4.78 is 39.6.